The average molecular weight is 272 g/mol. The molecule has 2 aliphatic heterocycles. The van der Waals surface area contributed by atoms with Crippen LogP contribution >= 0.6 is 0 Å². The van der Waals surface area contributed by atoms with Gasteiger partial charge in [0.2, 0.25) is 0 Å². The number of nitrogens with one attached hydrogen (secondary N) is 1. The number of benzene rings is 1. The fourth-order valence-corrected chi connectivity index (χ4v) is 2.75. The number of rotatable bonds is 4. The van der Waals surface area contributed by atoms with E-state index in [1.807, 2.05) is 0 Å². The Labute approximate surface area is 119 Å². The first-order valence-electron chi connectivity index (χ1n) is 7.17. The number of hydrogen-bond donors (Lipinski definition) is 1. The minimum absolute atomic E-state index is 0.438. The molecule has 0 atom stereocenters. The van der Waals surface area contributed by atoms with E-state index in [2.05, 4.69) is 33.2 Å². The molecule has 1 N–H and O–H groups in total. The summed E-state index contributed by atoms with van der Waals surface area (Å²) in [7, 11) is 0. The van der Waals surface area contributed by atoms with Gasteiger partial charge < -0.3 is 4.74 Å². The van der Waals surface area contributed by atoms with Crippen LogP contribution in [0.1, 0.15) is 17.5 Å². The van der Waals surface area contributed by atoms with E-state index in [1.54, 1.807) is 0 Å². The second-order valence-corrected chi connectivity index (χ2v) is 5.35. The Balaban J connectivity index is 1.75. The summed E-state index contributed by atoms with van der Waals surface area (Å²) in [5.74, 6) is 0. The Hall–Kier alpha value is -1.59. The van der Waals surface area contributed by atoms with E-state index in [0.717, 1.165) is 57.1 Å². The Kier molecular flexibility index (Phi) is 4.18. The first kappa shape index (κ1) is 13.4. The van der Waals surface area contributed by atoms with E-state index in [-0.39, 0.29) is 0 Å². The molecule has 0 saturated carbocycles. The molecule has 2 heterocycles. The predicted molar refractivity (Wildman–Crippen MR) is 78.0 cm³/mol. The number of aliphatic imine (C=N–C) groups is 1. The number of fused-ring (bicyclic) bond motifs is 1. The van der Waals surface area contributed by atoms with E-state index in [1.165, 1.54) is 11.1 Å². The highest BCUT2D eigenvalue weighted by atomic mass is 16.5. The summed E-state index contributed by atoms with van der Waals surface area (Å²) in [5.41, 5.74) is 11.7. The van der Waals surface area contributed by atoms with Gasteiger partial charge in [-0.3, -0.25) is 9.89 Å². The molecule has 1 aromatic carbocycles. The second-order valence-electron chi connectivity index (χ2n) is 5.35. The molecule has 0 bridgehead atoms. The molecule has 5 heteroatoms. The van der Waals surface area contributed by atoms with Gasteiger partial charge in [0.15, 0.2) is 0 Å². The fourth-order valence-electron chi connectivity index (χ4n) is 2.75. The molecular weight excluding hydrogens is 252 g/mol. The van der Waals surface area contributed by atoms with Crippen LogP contribution in [0, 0.1) is 5.53 Å². The Bertz CT molecular complexity index is 521. The Morgan fingerprint density at radius 2 is 2.10 bits per heavy atom. The quantitative estimate of drug-likeness (QED) is 0.856. The molecule has 1 saturated heterocycles. The molecule has 0 aliphatic carbocycles. The van der Waals surface area contributed by atoms with Gasteiger partial charge in [-0.1, -0.05) is 12.1 Å². The van der Waals surface area contributed by atoms with Crippen molar-refractivity contribution in [1.82, 2.24) is 4.90 Å². The second kappa shape index (κ2) is 6.24. The number of hydrogen-bond acceptors (Lipinski definition) is 5. The Morgan fingerprint density at radius 1 is 1.25 bits per heavy atom. The van der Waals surface area contributed by atoms with Gasteiger partial charge in [0.05, 0.1) is 25.4 Å². The van der Waals surface area contributed by atoms with Crippen LogP contribution in [0.5, 0.6) is 0 Å². The molecule has 0 spiro atoms. The van der Waals surface area contributed by atoms with E-state index in [4.69, 9.17) is 10.3 Å². The number of ether oxygens (including phenoxy) is 1. The van der Waals surface area contributed by atoms with Crippen molar-refractivity contribution in [3.05, 3.63) is 29.3 Å². The summed E-state index contributed by atoms with van der Waals surface area (Å²) >= 11 is 0. The molecule has 0 unspecified atom stereocenters. The standard InChI is InChI=1S/C15H20N4O/c16-17-10-14-4-3-13-2-1-12(9-15(13)18-14)11-19-5-7-20-8-6-19/h1-2,9,16H,3-8,10-11H2. The van der Waals surface area contributed by atoms with Gasteiger partial charge in [0.1, 0.15) is 0 Å². The van der Waals surface area contributed by atoms with Crippen molar-refractivity contribution in [3.63, 3.8) is 0 Å². The molecule has 3 rings (SSSR count). The lowest BCUT2D eigenvalue weighted by Gasteiger charge is -2.27. The molecule has 0 amide bonds. The van der Waals surface area contributed by atoms with Gasteiger partial charge in [0, 0.05) is 25.3 Å². The van der Waals surface area contributed by atoms with Crippen LogP contribution in [0.25, 0.3) is 0 Å². The van der Waals surface area contributed by atoms with Crippen LogP contribution < -0.4 is 0 Å². The maximum absolute atomic E-state index is 6.96. The number of nitrogens with zero attached hydrogens (tertiary/aromatic N) is 3. The van der Waals surface area contributed by atoms with Crippen molar-refractivity contribution in [1.29, 1.82) is 5.53 Å². The number of aryl methyl sites for hydroxylation is 1. The van der Waals surface area contributed by atoms with Crippen molar-refractivity contribution in [2.45, 2.75) is 19.4 Å². The lowest BCUT2D eigenvalue weighted by Crippen LogP contribution is -2.35. The van der Waals surface area contributed by atoms with Crippen molar-refractivity contribution in [2.75, 3.05) is 32.8 Å². The van der Waals surface area contributed by atoms with Crippen LogP contribution in [0.3, 0.4) is 0 Å². The van der Waals surface area contributed by atoms with Gasteiger partial charge in [-0.25, -0.2) is 5.53 Å². The van der Waals surface area contributed by atoms with E-state index in [9.17, 15) is 0 Å². The van der Waals surface area contributed by atoms with Crippen molar-refractivity contribution >= 4 is 11.4 Å². The van der Waals surface area contributed by atoms with Gasteiger partial charge in [-0.05, 0) is 30.0 Å². The maximum Gasteiger partial charge on any atom is 0.0979 e. The molecule has 1 fully saturated rings. The van der Waals surface area contributed by atoms with Crippen LogP contribution in [0.15, 0.2) is 28.3 Å². The monoisotopic (exact) mass is 272 g/mol. The lowest BCUT2D eigenvalue weighted by molar-refractivity contribution is 0.0342. The average Bonchev–Trinajstić information content (AvgIpc) is 2.48. The molecular formula is C15H20N4O. The zero-order valence-corrected chi connectivity index (χ0v) is 11.6. The van der Waals surface area contributed by atoms with Gasteiger partial charge in [-0.2, -0.15) is 5.11 Å². The fraction of sp³-hybridized carbons (Fsp3) is 0.533. The minimum atomic E-state index is 0.438. The summed E-state index contributed by atoms with van der Waals surface area (Å²) in [4.78, 5) is 7.06. The highest BCUT2D eigenvalue weighted by molar-refractivity contribution is 5.90. The highest BCUT2D eigenvalue weighted by Crippen LogP contribution is 2.27. The van der Waals surface area contributed by atoms with Crippen molar-refractivity contribution in [2.24, 2.45) is 10.1 Å². The van der Waals surface area contributed by atoms with Gasteiger partial charge >= 0.3 is 0 Å². The molecule has 1 aromatic rings. The smallest absolute Gasteiger partial charge is 0.0979 e. The van der Waals surface area contributed by atoms with E-state index >= 15 is 0 Å². The summed E-state index contributed by atoms with van der Waals surface area (Å²) in [6, 6.07) is 6.60. The summed E-state index contributed by atoms with van der Waals surface area (Å²) < 4.78 is 5.38. The minimum Gasteiger partial charge on any atom is -0.379 e. The maximum atomic E-state index is 6.96. The topological polar surface area (TPSA) is 61.0 Å². The first-order chi connectivity index (χ1) is 9.85. The van der Waals surface area contributed by atoms with E-state index < -0.39 is 0 Å². The van der Waals surface area contributed by atoms with Crippen LogP contribution in [-0.4, -0.2) is 43.5 Å². The zero-order chi connectivity index (χ0) is 13.8. The van der Waals surface area contributed by atoms with Crippen LogP contribution in [0.4, 0.5) is 5.69 Å². The largest absolute Gasteiger partial charge is 0.379 e. The normalized spacial score (nSPS) is 19.3. The Morgan fingerprint density at radius 3 is 2.90 bits per heavy atom. The summed E-state index contributed by atoms with van der Waals surface area (Å²) in [6.07, 6.45) is 1.94. The summed E-state index contributed by atoms with van der Waals surface area (Å²) in [6.45, 7) is 5.07. The van der Waals surface area contributed by atoms with Crippen LogP contribution in [-0.2, 0) is 17.7 Å². The molecule has 0 radical (unpaired) electrons. The molecule has 5 nitrogen and oxygen atoms in total. The molecule has 20 heavy (non-hydrogen) atoms. The van der Waals surface area contributed by atoms with Crippen molar-refractivity contribution in [3.8, 4) is 0 Å². The summed E-state index contributed by atoms with van der Waals surface area (Å²) in [5, 5.41) is 3.45. The zero-order valence-electron chi connectivity index (χ0n) is 11.6. The highest BCUT2D eigenvalue weighted by Gasteiger charge is 2.14. The third-order valence-corrected chi connectivity index (χ3v) is 3.88. The molecule has 106 valence electrons. The molecule has 0 aromatic heterocycles. The predicted octanol–water partition coefficient (Wildman–Crippen LogP) is 2.57. The number of morpholine rings is 1. The third-order valence-electron chi connectivity index (χ3n) is 3.88. The van der Waals surface area contributed by atoms with Crippen LogP contribution in [0.2, 0.25) is 0 Å². The SMILES string of the molecule is N=NCC1=Nc2cc(CN3CCOCC3)ccc2CC1. The van der Waals surface area contributed by atoms with Gasteiger partial charge in [0.25, 0.3) is 0 Å². The van der Waals surface area contributed by atoms with Crippen molar-refractivity contribution < 1.29 is 4.74 Å². The lowest BCUT2D eigenvalue weighted by atomic mass is 9.99. The van der Waals surface area contributed by atoms with Gasteiger partial charge in [-0.15, -0.1) is 0 Å². The first-order valence-corrected chi connectivity index (χ1v) is 7.17. The molecule has 2 aliphatic rings. The van der Waals surface area contributed by atoms with E-state index in [0.29, 0.717) is 6.54 Å². The third kappa shape index (κ3) is 3.11.